The summed E-state index contributed by atoms with van der Waals surface area (Å²) in [6.45, 7) is 3.92. The number of anilines is 2. The molecule has 3 amide bonds. The number of benzene rings is 4. The second-order valence-electron chi connectivity index (χ2n) is 10.2. The summed E-state index contributed by atoms with van der Waals surface area (Å²) in [5.74, 6) is -1.60. The molecule has 10 heteroatoms. The van der Waals surface area contributed by atoms with Crippen LogP contribution in [-0.4, -0.2) is 28.0 Å². The maximum Gasteiger partial charge on any atom is 0.272 e. The van der Waals surface area contributed by atoms with Gasteiger partial charge in [-0.3, -0.25) is 14.4 Å². The number of halogens is 1. The quantitative estimate of drug-likeness (QED) is 0.0989. The molecule has 0 aliphatic heterocycles. The Morgan fingerprint density at radius 3 is 2.28 bits per heavy atom. The van der Waals surface area contributed by atoms with E-state index in [2.05, 4.69) is 20.9 Å². The van der Waals surface area contributed by atoms with Crippen molar-refractivity contribution < 1.29 is 18.8 Å². The lowest BCUT2D eigenvalue weighted by atomic mass is 10.1. The topological polar surface area (TPSA) is 100 Å². The van der Waals surface area contributed by atoms with Gasteiger partial charge in [0.2, 0.25) is 5.91 Å². The van der Waals surface area contributed by atoms with Gasteiger partial charge in [0, 0.05) is 26.6 Å². The first-order valence-electron chi connectivity index (χ1n) is 14.5. The molecule has 1 aromatic heterocycles. The van der Waals surface area contributed by atoms with Crippen LogP contribution < -0.4 is 16.0 Å². The minimum atomic E-state index is -0.561. The number of hydrogen-bond acceptors (Lipinski definition) is 6. The molecule has 0 aliphatic rings. The minimum absolute atomic E-state index is 0.0158. The van der Waals surface area contributed by atoms with E-state index < -0.39 is 22.9 Å². The van der Waals surface area contributed by atoms with Crippen molar-refractivity contribution in [1.82, 2.24) is 10.3 Å². The maximum atomic E-state index is 13.5. The SMILES string of the molecule is CCC(Sc1cccc(NC(=O)/C(=C/c2ccc(F)cc2)NC(=O)c2ccccc2)c1)C(=O)Nc1nc(-c2ccccc2)c(C)s1. The Labute approximate surface area is 275 Å². The van der Waals surface area contributed by atoms with Crippen molar-refractivity contribution in [3.8, 4) is 11.3 Å². The summed E-state index contributed by atoms with van der Waals surface area (Å²) in [4.78, 5) is 46.1. The third kappa shape index (κ3) is 8.56. The van der Waals surface area contributed by atoms with Gasteiger partial charge >= 0.3 is 0 Å². The van der Waals surface area contributed by atoms with E-state index in [4.69, 9.17) is 0 Å². The molecule has 232 valence electrons. The molecule has 0 saturated carbocycles. The van der Waals surface area contributed by atoms with Crippen molar-refractivity contribution in [2.24, 2.45) is 0 Å². The Kier molecular flexibility index (Phi) is 10.7. The number of carbonyl (C=O) groups is 3. The number of hydrogen-bond donors (Lipinski definition) is 3. The van der Waals surface area contributed by atoms with Gasteiger partial charge in [0.25, 0.3) is 11.8 Å². The molecule has 4 aromatic carbocycles. The van der Waals surface area contributed by atoms with E-state index in [0.29, 0.717) is 28.4 Å². The maximum absolute atomic E-state index is 13.5. The van der Waals surface area contributed by atoms with Crippen LogP contribution in [0.1, 0.15) is 34.1 Å². The van der Waals surface area contributed by atoms with E-state index >= 15 is 0 Å². The predicted octanol–water partition coefficient (Wildman–Crippen LogP) is 8.18. The Balaban J connectivity index is 1.28. The number of nitrogens with zero attached hydrogens (tertiary/aromatic N) is 1. The fraction of sp³-hybridized carbons (Fsp3) is 0.111. The van der Waals surface area contributed by atoms with Crippen molar-refractivity contribution in [3.63, 3.8) is 0 Å². The Hall–Kier alpha value is -5.06. The number of thioether (sulfide) groups is 1. The summed E-state index contributed by atoms with van der Waals surface area (Å²) in [6.07, 6.45) is 2.05. The molecule has 1 atom stereocenters. The second-order valence-corrected chi connectivity index (χ2v) is 12.7. The van der Waals surface area contributed by atoms with E-state index in [1.165, 1.54) is 53.4 Å². The minimum Gasteiger partial charge on any atom is -0.321 e. The van der Waals surface area contributed by atoms with Crippen LogP contribution in [0.2, 0.25) is 0 Å². The van der Waals surface area contributed by atoms with E-state index in [1.807, 2.05) is 50.2 Å². The first kappa shape index (κ1) is 32.3. The summed E-state index contributed by atoms with van der Waals surface area (Å²) < 4.78 is 13.5. The molecular weight excluding hydrogens is 620 g/mol. The van der Waals surface area contributed by atoms with Gasteiger partial charge in [-0.15, -0.1) is 23.1 Å². The zero-order valence-electron chi connectivity index (χ0n) is 25.1. The largest absolute Gasteiger partial charge is 0.321 e. The van der Waals surface area contributed by atoms with Gasteiger partial charge in [-0.1, -0.05) is 73.7 Å². The smallest absolute Gasteiger partial charge is 0.272 e. The second kappa shape index (κ2) is 15.3. The standard InChI is InChI=1S/C36H31FN4O3S2/c1-3-31(35(44)41-36-40-32(23(2)45-36)25-11-6-4-7-12-25)46-29-16-10-15-28(22-29)38-34(43)30(21-24-17-19-27(37)20-18-24)39-33(42)26-13-8-5-9-14-26/h4-22,31H,3H2,1-2H3,(H,38,43)(H,39,42)(H,40,41,44)/b30-21-. The number of amides is 3. The third-order valence-electron chi connectivity index (χ3n) is 6.82. The molecule has 1 unspecified atom stereocenters. The highest BCUT2D eigenvalue weighted by molar-refractivity contribution is 8.00. The lowest BCUT2D eigenvalue weighted by Crippen LogP contribution is -2.30. The molecule has 0 aliphatic carbocycles. The Morgan fingerprint density at radius 1 is 0.891 bits per heavy atom. The lowest BCUT2D eigenvalue weighted by Gasteiger charge is -2.15. The fourth-order valence-corrected chi connectivity index (χ4v) is 6.35. The average Bonchev–Trinajstić information content (AvgIpc) is 3.44. The van der Waals surface area contributed by atoms with Crippen LogP contribution in [0, 0.1) is 12.7 Å². The molecular formula is C36H31FN4O3S2. The van der Waals surface area contributed by atoms with Gasteiger partial charge in [-0.25, -0.2) is 9.37 Å². The van der Waals surface area contributed by atoms with Crippen LogP contribution in [0.3, 0.4) is 0 Å². The van der Waals surface area contributed by atoms with Crippen molar-refractivity contribution in [2.75, 3.05) is 10.6 Å². The van der Waals surface area contributed by atoms with E-state index in [1.54, 1.807) is 48.5 Å². The number of nitrogens with one attached hydrogen (secondary N) is 3. The van der Waals surface area contributed by atoms with Gasteiger partial charge in [-0.2, -0.15) is 0 Å². The number of aromatic nitrogens is 1. The molecule has 0 spiro atoms. The molecule has 3 N–H and O–H groups in total. The van der Waals surface area contributed by atoms with Gasteiger partial charge in [0.1, 0.15) is 11.5 Å². The molecule has 0 radical (unpaired) electrons. The van der Waals surface area contributed by atoms with Crippen molar-refractivity contribution in [1.29, 1.82) is 0 Å². The van der Waals surface area contributed by atoms with Crippen molar-refractivity contribution >= 4 is 57.7 Å². The number of carbonyl (C=O) groups excluding carboxylic acids is 3. The molecule has 0 bridgehead atoms. The normalized spacial score (nSPS) is 11.8. The molecule has 1 heterocycles. The highest BCUT2D eigenvalue weighted by Crippen LogP contribution is 2.32. The summed E-state index contributed by atoms with van der Waals surface area (Å²) >= 11 is 2.81. The molecule has 5 aromatic rings. The molecule has 0 fully saturated rings. The highest BCUT2D eigenvalue weighted by Gasteiger charge is 2.21. The van der Waals surface area contributed by atoms with E-state index in [0.717, 1.165) is 21.0 Å². The van der Waals surface area contributed by atoms with Gasteiger partial charge in [0.05, 0.1) is 10.9 Å². The lowest BCUT2D eigenvalue weighted by molar-refractivity contribution is -0.116. The van der Waals surface area contributed by atoms with Crippen molar-refractivity contribution in [3.05, 3.63) is 137 Å². The van der Waals surface area contributed by atoms with Gasteiger partial charge in [-0.05, 0) is 67.4 Å². The first-order valence-corrected chi connectivity index (χ1v) is 16.2. The molecule has 5 rings (SSSR count). The predicted molar refractivity (Wildman–Crippen MR) is 184 cm³/mol. The van der Waals surface area contributed by atoms with Crippen LogP contribution in [0.25, 0.3) is 17.3 Å². The van der Waals surface area contributed by atoms with E-state index in [-0.39, 0.29) is 11.6 Å². The number of aryl methyl sites for hydroxylation is 1. The molecule has 46 heavy (non-hydrogen) atoms. The fourth-order valence-electron chi connectivity index (χ4n) is 4.50. The zero-order valence-corrected chi connectivity index (χ0v) is 26.8. The summed E-state index contributed by atoms with van der Waals surface area (Å²) in [6, 6.07) is 31.1. The van der Waals surface area contributed by atoms with Crippen LogP contribution in [0.4, 0.5) is 15.2 Å². The number of rotatable bonds is 11. The van der Waals surface area contributed by atoms with Gasteiger partial charge < -0.3 is 16.0 Å². The van der Waals surface area contributed by atoms with E-state index in [9.17, 15) is 18.8 Å². The number of thiazole rings is 1. The van der Waals surface area contributed by atoms with Crippen LogP contribution >= 0.6 is 23.1 Å². The first-order chi connectivity index (χ1) is 22.3. The molecule has 7 nitrogen and oxygen atoms in total. The Bertz CT molecular complexity index is 1860. The summed E-state index contributed by atoms with van der Waals surface area (Å²) in [5.41, 5.74) is 3.22. The van der Waals surface area contributed by atoms with Crippen molar-refractivity contribution in [2.45, 2.75) is 30.4 Å². The monoisotopic (exact) mass is 650 g/mol. The summed E-state index contributed by atoms with van der Waals surface area (Å²) in [7, 11) is 0. The van der Waals surface area contributed by atoms with Crippen LogP contribution in [-0.2, 0) is 9.59 Å². The highest BCUT2D eigenvalue weighted by atomic mass is 32.2. The average molecular weight is 651 g/mol. The third-order valence-corrected chi connectivity index (χ3v) is 9.06. The molecule has 0 saturated heterocycles. The van der Waals surface area contributed by atoms with Crippen LogP contribution in [0.15, 0.2) is 120 Å². The van der Waals surface area contributed by atoms with Gasteiger partial charge in [0.15, 0.2) is 5.13 Å². The summed E-state index contributed by atoms with van der Waals surface area (Å²) in [5, 5.41) is 8.62. The zero-order chi connectivity index (χ0) is 32.5. The van der Waals surface area contributed by atoms with Crippen LogP contribution in [0.5, 0.6) is 0 Å². The Morgan fingerprint density at radius 2 is 1.59 bits per heavy atom.